The van der Waals surface area contributed by atoms with E-state index in [1.807, 2.05) is 6.07 Å². The first kappa shape index (κ1) is 12.3. The minimum absolute atomic E-state index is 0. The summed E-state index contributed by atoms with van der Waals surface area (Å²) in [5.74, 6) is 0.0273. The molecule has 13 heavy (non-hydrogen) atoms. The van der Waals surface area contributed by atoms with Crippen molar-refractivity contribution in [1.29, 1.82) is 5.26 Å². The predicted octanol–water partition coefficient (Wildman–Crippen LogP) is 2.71. The molecular weight excluding hydrogens is 298 g/mol. The molecule has 4 heteroatoms. The van der Waals surface area contributed by atoms with Crippen molar-refractivity contribution in [2.45, 2.75) is 0 Å². The van der Waals surface area contributed by atoms with Crippen LogP contribution >= 0.6 is 32.9 Å². The number of benzene rings is 1. The predicted molar refractivity (Wildman–Crippen MR) is 59.6 cm³/mol. The van der Waals surface area contributed by atoms with Gasteiger partial charge in [0.25, 0.3) is 0 Å². The fourth-order valence-corrected chi connectivity index (χ4v) is 1.13. The molecule has 1 rings (SSSR count). The van der Waals surface area contributed by atoms with Gasteiger partial charge in [-0.25, -0.2) is 0 Å². The lowest BCUT2D eigenvalue weighted by Gasteiger charge is -1.95. The summed E-state index contributed by atoms with van der Waals surface area (Å²) in [5.41, 5.74) is 1.20. The summed E-state index contributed by atoms with van der Waals surface area (Å²) in [6.45, 7) is 0. The average molecular weight is 305 g/mol. The summed E-state index contributed by atoms with van der Waals surface area (Å²) in [6.07, 6.45) is 0. The molecule has 0 saturated carbocycles. The topological polar surface area (TPSA) is 40.9 Å². The molecule has 0 aliphatic heterocycles. The van der Waals surface area contributed by atoms with Gasteiger partial charge in [0.2, 0.25) is 0 Å². The van der Waals surface area contributed by atoms with Gasteiger partial charge in [-0.3, -0.25) is 4.79 Å². The van der Waals surface area contributed by atoms with Gasteiger partial charge in [-0.05, 0) is 12.1 Å². The van der Waals surface area contributed by atoms with Crippen molar-refractivity contribution in [1.82, 2.24) is 0 Å². The van der Waals surface area contributed by atoms with E-state index in [4.69, 9.17) is 5.26 Å². The van der Waals surface area contributed by atoms with Crippen molar-refractivity contribution in [3.63, 3.8) is 0 Å². The first-order valence-electron chi connectivity index (χ1n) is 3.37. The lowest BCUT2D eigenvalue weighted by atomic mass is 10.1. The van der Waals surface area contributed by atoms with Crippen LogP contribution in [0.1, 0.15) is 15.9 Å². The van der Waals surface area contributed by atoms with E-state index in [1.54, 1.807) is 24.3 Å². The van der Waals surface area contributed by atoms with Gasteiger partial charge >= 0.3 is 0 Å². The van der Waals surface area contributed by atoms with Gasteiger partial charge in [-0.15, -0.1) is 17.0 Å². The highest BCUT2D eigenvalue weighted by molar-refractivity contribution is 9.09. The molecule has 0 N–H and O–H groups in total. The Morgan fingerprint density at radius 2 is 1.92 bits per heavy atom. The van der Waals surface area contributed by atoms with E-state index in [9.17, 15) is 4.79 Å². The second kappa shape index (κ2) is 5.90. The first-order chi connectivity index (χ1) is 5.77. The number of nitriles is 1. The van der Waals surface area contributed by atoms with Crippen molar-refractivity contribution < 1.29 is 4.79 Å². The van der Waals surface area contributed by atoms with Crippen LogP contribution in [0, 0.1) is 11.3 Å². The van der Waals surface area contributed by atoms with Gasteiger partial charge < -0.3 is 0 Å². The van der Waals surface area contributed by atoms with Crippen molar-refractivity contribution >= 4 is 38.7 Å². The quantitative estimate of drug-likeness (QED) is 0.622. The molecule has 0 amide bonds. The number of alkyl halides is 1. The van der Waals surface area contributed by atoms with Gasteiger partial charge in [0.1, 0.15) is 0 Å². The van der Waals surface area contributed by atoms with E-state index in [-0.39, 0.29) is 22.8 Å². The summed E-state index contributed by atoms with van der Waals surface area (Å²) < 4.78 is 0. The van der Waals surface area contributed by atoms with Gasteiger partial charge in [-0.2, -0.15) is 5.26 Å². The SMILES string of the molecule is Br.N#Cc1ccc(C(=O)CBr)cc1. The van der Waals surface area contributed by atoms with Crippen LogP contribution in [-0.2, 0) is 0 Å². The standard InChI is InChI=1S/C9H6BrNO.BrH/c10-5-9(12)8-3-1-7(6-11)2-4-8;/h1-4H,5H2;1H. The van der Waals surface area contributed by atoms with Crippen molar-refractivity contribution in [2.75, 3.05) is 5.33 Å². The van der Waals surface area contributed by atoms with Crippen LogP contribution in [0.15, 0.2) is 24.3 Å². The van der Waals surface area contributed by atoms with Crippen LogP contribution in [0.4, 0.5) is 0 Å². The second-order valence-electron chi connectivity index (χ2n) is 2.25. The second-order valence-corrected chi connectivity index (χ2v) is 2.81. The number of rotatable bonds is 2. The van der Waals surface area contributed by atoms with Crippen molar-refractivity contribution in [2.24, 2.45) is 0 Å². The zero-order valence-electron chi connectivity index (χ0n) is 6.66. The normalized spacial score (nSPS) is 8.31. The Kier molecular flexibility index (Phi) is 5.60. The van der Waals surface area contributed by atoms with Gasteiger partial charge in [-0.1, -0.05) is 28.1 Å². The van der Waals surface area contributed by atoms with Crippen LogP contribution in [0.3, 0.4) is 0 Å². The molecular formula is C9H7Br2NO. The van der Waals surface area contributed by atoms with E-state index < -0.39 is 0 Å². The molecule has 1 aromatic carbocycles. The number of halogens is 2. The Balaban J connectivity index is 0.00000144. The van der Waals surface area contributed by atoms with E-state index in [1.165, 1.54) is 0 Å². The van der Waals surface area contributed by atoms with Crippen molar-refractivity contribution in [3.05, 3.63) is 35.4 Å². The molecule has 1 aromatic rings. The maximum Gasteiger partial charge on any atom is 0.173 e. The van der Waals surface area contributed by atoms with Gasteiger partial charge in [0, 0.05) is 5.56 Å². The molecule has 0 saturated heterocycles. The summed E-state index contributed by atoms with van der Waals surface area (Å²) in [5, 5.41) is 8.80. The summed E-state index contributed by atoms with van der Waals surface area (Å²) in [4.78, 5) is 11.1. The van der Waals surface area contributed by atoms with E-state index >= 15 is 0 Å². The molecule has 0 aromatic heterocycles. The monoisotopic (exact) mass is 303 g/mol. The number of carbonyl (C=O) groups excluding carboxylic acids is 1. The number of ketones is 1. The minimum atomic E-state index is 0. The Hall–Kier alpha value is -0.660. The smallest absolute Gasteiger partial charge is 0.173 e. The zero-order valence-corrected chi connectivity index (χ0v) is 9.96. The number of nitrogens with zero attached hydrogens (tertiary/aromatic N) is 1. The van der Waals surface area contributed by atoms with Crippen molar-refractivity contribution in [3.8, 4) is 6.07 Å². The van der Waals surface area contributed by atoms with Crippen LogP contribution in [0.2, 0.25) is 0 Å². The number of carbonyl (C=O) groups is 1. The first-order valence-corrected chi connectivity index (χ1v) is 4.49. The highest BCUT2D eigenvalue weighted by Gasteiger charge is 2.01. The molecule has 0 unspecified atom stereocenters. The molecule has 0 bridgehead atoms. The van der Waals surface area contributed by atoms with E-state index in [0.29, 0.717) is 16.5 Å². The summed E-state index contributed by atoms with van der Waals surface area (Å²) in [6, 6.07) is 8.57. The maximum atomic E-state index is 11.1. The minimum Gasteiger partial charge on any atom is -0.293 e. The number of hydrogen-bond acceptors (Lipinski definition) is 2. The fourth-order valence-electron chi connectivity index (χ4n) is 0.808. The summed E-state index contributed by atoms with van der Waals surface area (Å²) >= 11 is 3.07. The molecule has 2 nitrogen and oxygen atoms in total. The Labute approximate surface area is 95.5 Å². The maximum absolute atomic E-state index is 11.1. The highest BCUT2D eigenvalue weighted by atomic mass is 79.9. The number of Topliss-reactive ketones (excluding diaryl/α,β-unsaturated/α-hetero) is 1. The Bertz CT molecular complexity index is 326. The highest BCUT2D eigenvalue weighted by Crippen LogP contribution is 2.05. The van der Waals surface area contributed by atoms with Gasteiger partial charge in [0.15, 0.2) is 5.78 Å². The molecule has 0 atom stereocenters. The van der Waals surface area contributed by atoms with E-state index in [0.717, 1.165) is 0 Å². The van der Waals surface area contributed by atoms with Crippen LogP contribution in [0.5, 0.6) is 0 Å². The Morgan fingerprint density at radius 3 is 2.31 bits per heavy atom. The molecule has 0 fully saturated rings. The summed E-state index contributed by atoms with van der Waals surface area (Å²) in [7, 11) is 0. The largest absolute Gasteiger partial charge is 0.293 e. The fraction of sp³-hybridized carbons (Fsp3) is 0.111. The lowest BCUT2D eigenvalue weighted by Crippen LogP contribution is -1.98. The lowest BCUT2D eigenvalue weighted by molar-refractivity contribution is 0.102. The molecule has 68 valence electrons. The van der Waals surface area contributed by atoms with Crippen LogP contribution < -0.4 is 0 Å². The van der Waals surface area contributed by atoms with Crippen LogP contribution in [0.25, 0.3) is 0 Å². The third-order valence-corrected chi connectivity index (χ3v) is 1.97. The molecule has 0 spiro atoms. The third-order valence-electron chi connectivity index (χ3n) is 1.46. The van der Waals surface area contributed by atoms with E-state index in [2.05, 4.69) is 15.9 Å². The molecule has 0 aliphatic rings. The van der Waals surface area contributed by atoms with Gasteiger partial charge in [0.05, 0.1) is 17.0 Å². The number of hydrogen-bond donors (Lipinski definition) is 0. The molecule has 0 radical (unpaired) electrons. The average Bonchev–Trinajstić information content (AvgIpc) is 2.17. The zero-order chi connectivity index (χ0) is 8.97. The van der Waals surface area contributed by atoms with Crippen LogP contribution in [-0.4, -0.2) is 11.1 Å². The third kappa shape index (κ3) is 3.29. The Morgan fingerprint density at radius 1 is 1.38 bits per heavy atom. The molecule has 0 heterocycles. The molecule has 0 aliphatic carbocycles.